The summed E-state index contributed by atoms with van der Waals surface area (Å²) in [5.74, 6) is -0.741. The number of piperidine rings is 1. The molecule has 122 valence electrons. The lowest BCUT2D eigenvalue weighted by Crippen LogP contribution is -2.51. The van der Waals surface area contributed by atoms with Gasteiger partial charge in [0.15, 0.2) is 6.10 Å². The van der Waals surface area contributed by atoms with E-state index in [1.54, 1.807) is 25.1 Å². The summed E-state index contributed by atoms with van der Waals surface area (Å²) in [5, 5.41) is 8.88. The monoisotopic (exact) mass is 314 g/mol. The lowest BCUT2D eigenvalue weighted by atomic mass is 9.97. The largest absolute Gasteiger partial charge is 0.449 e. The second kappa shape index (κ2) is 7.28. The number of hydrogen-bond acceptors (Lipinski definition) is 4. The van der Waals surface area contributed by atoms with Gasteiger partial charge < -0.3 is 9.64 Å². The van der Waals surface area contributed by atoms with Crippen LogP contribution in [0, 0.1) is 11.3 Å². The first kappa shape index (κ1) is 17.0. The number of carbonyl (C=O) groups excluding carboxylic acids is 2. The Kier molecular flexibility index (Phi) is 5.38. The van der Waals surface area contributed by atoms with Crippen molar-refractivity contribution in [3.8, 4) is 6.07 Å². The van der Waals surface area contributed by atoms with Gasteiger partial charge in [-0.25, -0.2) is 4.79 Å². The van der Waals surface area contributed by atoms with Gasteiger partial charge in [0.2, 0.25) is 0 Å². The van der Waals surface area contributed by atoms with E-state index < -0.39 is 12.1 Å². The number of nitrogens with zero attached hydrogens (tertiary/aromatic N) is 2. The molecule has 0 aliphatic carbocycles. The van der Waals surface area contributed by atoms with Crippen LogP contribution in [0.4, 0.5) is 0 Å². The minimum atomic E-state index is -0.837. The van der Waals surface area contributed by atoms with Gasteiger partial charge in [0.1, 0.15) is 0 Å². The second-order valence-electron chi connectivity index (χ2n) is 6.11. The van der Waals surface area contributed by atoms with E-state index in [-0.39, 0.29) is 23.6 Å². The maximum Gasteiger partial charge on any atom is 0.338 e. The van der Waals surface area contributed by atoms with Crippen LogP contribution >= 0.6 is 0 Å². The number of likely N-dealkylation sites (tertiary alicyclic amines) is 1. The Morgan fingerprint density at radius 1 is 1.30 bits per heavy atom. The van der Waals surface area contributed by atoms with Gasteiger partial charge in [0.05, 0.1) is 17.2 Å². The number of ether oxygens (including phenoxy) is 1. The van der Waals surface area contributed by atoms with Gasteiger partial charge in [-0.2, -0.15) is 5.26 Å². The van der Waals surface area contributed by atoms with E-state index >= 15 is 0 Å². The van der Waals surface area contributed by atoms with Gasteiger partial charge in [-0.05, 0) is 58.2 Å². The SMILES string of the molecule is C[C@@H]1CCC[C@H](C)N1C(=O)[C@@H](C)OC(=O)c1cccc(C#N)c1. The van der Waals surface area contributed by atoms with Crippen LogP contribution in [0.3, 0.4) is 0 Å². The summed E-state index contributed by atoms with van der Waals surface area (Å²) in [6, 6.07) is 8.58. The summed E-state index contributed by atoms with van der Waals surface area (Å²) in [5.41, 5.74) is 0.667. The fraction of sp³-hybridized carbons (Fsp3) is 0.500. The molecule has 0 aromatic heterocycles. The fourth-order valence-electron chi connectivity index (χ4n) is 3.06. The number of nitriles is 1. The molecule has 1 aromatic carbocycles. The Bertz CT molecular complexity index is 625. The predicted octanol–water partition coefficient (Wildman–Crippen LogP) is 2.89. The lowest BCUT2D eigenvalue weighted by Gasteiger charge is -2.40. The van der Waals surface area contributed by atoms with Gasteiger partial charge in [-0.3, -0.25) is 4.79 Å². The maximum absolute atomic E-state index is 12.6. The highest BCUT2D eigenvalue weighted by Gasteiger charge is 2.33. The van der Waals surface area contributed by atoms with Crippen LogP contribution in [0.5, 0.6) is 0 Å². The second-order valence-corrected chi connectivity index (χ2v) is 6.11. The van der Waals surface area contributed by atoms with Crippen molar-refractivity contribution in [1.82, 2.24) is 4.90 Å². The minimum Gasteiger partial charge on any atom is -0.449 e. The molecular formula is C18H22N2O3. The summed E-state index contributed by atoms with van der Waals surface area (Å²) in [7, 11) is 0. The molecule has 1 aliphatic heterocycles. The molecule has 0 unspecified atom stereocenters. The van der Waals surface area contributed by atoms with Crippen molar-refractivity contribution in [3.63, 3.8) is 0 Å². The highest BCUT2D eigenvalue weighted by Crippen LogP contribution is 2.24. The van der Waals surface area contributed by atoms with E-state index in [1.807, 2.05) is 24.8 Å². The van der Waals surface area contributed by atoms with E-state index in [1.165, 1.54) is 6.07 Å². The van der Waals surface area contributed by atoms with Gasteiger partial charge in [-0.1, -0.05) is 6.07 Å². The summed E-state index contributed by atoms with van der Waals surface area (Å²) >= 11 is 0. The fourth-order valence-corrected chi connectivity index (χ4v) is 3.06. The molecule has 0 spiro atoms. The first-order valence-corrected chi connectivity index (χ1v) is 7.97. The molecule has 2 rings (SSSR count). The number of benzene rings is 1. The molecule has 0 bridgehead atoms. The van der Waals surface area contributed by atoms with Crippen molar-refractivity contribution < 1.29 is 14.3 Å². The first-order valence-electron chi connectivity index (χ1n) is 7.97. The third-order valence-corrected chi connectivity index (χ3v) is 4.31. The third kappa shape index (κ3) is 3.89. The zero-order chi connectivity index (χ0) is 17.0. The Balaban J connectivity index is 2.05. The van der Waals surface area contributed by atoms with Crippen LogP contribution in [0.15, 0.2) is 24.3 Å². The van der Waals surface area contributed by atoms with Gasteiger partial charge in [0, 0.05) is 12.1 Å². The molecule has 1 saturated heterocycles. The smallest absolute Gasteiger partial charge is 0.338 e. The highest BCUT2D eigenvalue weighted by molar-refractivity contribution is 5.92. The van der Waals surface area contributed by atoms with Crippen LogP contribution < -0.4 is 0 Å². The predicted molar refractivity (Wildman–Crippen MR) is 85.7 cm³/mol. The van der Waals surface area contributed by atoms with E-state index in [9.17, 15) is 9.59 Å². The molecular weight excluding hydrogens is 292 g/mol. The Morgan fingerprint density at radius 3 is 2.57 bits per heavy atom. The van der Waals surface area contributed by atoms with E-state index in [2.05, 4.69) is 0 Å². The highest BCUT2D eigenvalue weighted by atomic mass is 16.5. The zero-order valence-corrected chi connectivity index (χ0v) is 13.8. The molecule has 0 radical (unpaired) electrons. The molecule has 5 heteroatoms. The van der Waals surface area contributed by atoms with E-state index in [0.29, 0.717) is 5.56 Å². The van der Waals surface area contributed by atoms with Crippen LogP contribution in [-0.2, 0) is 9.53 Å². The average molecular weight is 314 g/mol. The van der Waals surface area contributed by atoms with E-state index in [4.69, 9.17) is 10.00 Å². The normalized spacial score (nSPS) is 22.1. The molecule has 0 saturated carbocycles. The number of rotatable bonds is 3. The quantitative estimate of drug-likeness (QED) is 0.804. The summed E-state index contributed by atoms with van der Waals surface area (Å²) < 4.78 is 5.31. The minimum absolute atomic E-state index is 0.158. The molecule has 5 nitrogen and oxygen atoms in total. The molecule has 1 amide bonds. The standard InChI is InChI=1S/C18H22N2O3/c1-12-6-4-7-13(2)20(12)17(21)14(3)23-18(22)16-9-5-8-15(10-16)11-19/h5,8-10,12-14H,4,6-7H2,1-3H3/t12-,13+,14-/m1/s1. The van der Waals surface area contributed by atoms with Crippen LogP contribution in [0.25, 0.3) is 0 Å². The Hall–Kier alpha value is -2.35. The first-order chi connectivity index (χ1) is 10.9. The van der Waals surface area contributed by atoms with Gasteiger partial charge in [-0.15, -0.1) is 0 Å². The summed E-state index contributed by atoms with van der Waals surface area (Å²) in [6.07, 6.45) is 2.22. The Labute approximate surface area is 136 Å². The molecule has 23 heavy (non-hydrogen) atoms. The van der Waals surface area contributed by atoms with E-state index in [0.717, 1.165) is 19.3 Å². The summed E-state index contributed by atoms with van der Waals surface area (Å²) in [6.45, 7) is 5.65. The zero-order valence-electron chi connectivity index (χ0n) is 13.8. The van der Waals surface area contributed by atoms with Crippen molar-refractivity contribution >= 4 is 11.9 Å². The van der Waals surface area contributed by atoms with Gasteiger partial charge in [0.25, 0.3) is 5.91 Å². The van der Waals surface area contributed by atoms with Crippen molar-refractivity contribution in [3.05, 3.63) is 35.4 Å². The van der Waals surface area contributed by atoms with Crippen molar-refractivity contribution in [1.29, 1.82) is 5.26 Å². The average Bonchev–Trinajstić information content (AvgIpc) is 2.54. The van der Waals surface area contributed by atoms with Crippen molar-refractivity contribution in [2.75, 3.05) is 0 Å². The lowest BCUT2D eigenvalue weighted by molar-refractivity contribution is -0.146. The molecule has 1 aromatic rings. The molecule has 1 fully saturated rings. The van der Waals surface area contributed by atoms with Crippen molar-refractivity contribution in [2.24, 2.45) is 0 Å². The summed E-state index contributed by atoms with van der Waals surface area (Å²) in [4.78, 5) is 26.6. The Morgan fingerprint density at radius 2 is 1.96 bits per heavy atom. The number of hydrogen-bond donors (Lipinski definition) is 0. The van der Waals surface area contributed by atoms with Crippen LogP contribution in [0.1, 0.15) is 56.0 Å². The molecule has 1 heterocycles. The molecule has 1 aliphatic rings. The topological polar surface area (TPSA) is 70.4 Å². The van der Waals surface area contributed by atoms with Crippen LogP contribution in [-0.4, -0.2) is 35.0 Å². The number of carbonyl (C=O) groups is 2. The maximum atomic E-state index is 12.6. The van der Waals surface area contributed by atoms with Crippen molar-refractivity contribution in [2.45, 2.75) is 58.2 Å². The molecule has 3 atom stereocenters. The number of amides is 1. The molecule has 0 N–H and O–H groups in total. The number of esters is 1. The third-order valence-electron chi connectivity index (χ3n) is 4.31. The van der Waals surface area contributed by atoms with Crippen LogP contribution in [0.2, 0.25) is 0 Å². The van der Waals surface area contributed by atoms with Gasteiger partial charge >= 0.3 is 5.97 Å².